The van der Waals surface area contributed by atoms with Crippen LogP contribution in [0.2, 0.25) is 0 Å². The van der Waals surface area contributed by atoms with Crippen molar-refractivity contribution in [1.29, 1.82) is 0 Å². The van der Waals surface area contributed by atoms with Crippen molar-refractivity contribution in [1.82, 2.24) is 0 Å². The molecule has 0 unspecified atom stereocenters. The molecule has 1 aliphatic heterocycles. The first-order chi connectivity index (χ1) is 8.84. The SMILES string of the molecule is COc1ccc2c(c1)C1(CCCCC1)CCCN2. The lowest BCUT2D eigenvalue weighted by Crippen LogP contribution is -2.28. The minimum atomic E-state index is 0.422. The van der Waals surface area contributed by atoms with Crippen LogP contribution in [0, 0.1) is 0 Å². The molecule has 1 saturated carbocycles. The van der Waals surface area contributed by atoms with Gasteiger partial charge in [0.05, 0.1) is 7.11 Å². The molecule has 0 amide bonds. The molecule has 0 aromatic heterocycles. The van der Waals surface area contributed by atoms with Crippen molar-refractivity contribution in [2.75, 3.05) is 19.0 Å². The summed E-state index contributed by atoms with van der Waals surface area (Å²) in [5.74, 6) is 1.00. The molecule has 0 radical (unpaired) electrons. The van der Waals surface area contributed by atoms with Crippen LogP contribution < -0.4 is 10.1 Å². The van der Waals surface area contributed by atoms with E-state index in [-0.39, 0.29) is 0 Å². The van der Waals surface area contributed by atoms with Gasteiger partial charge in [-0.1, -0.05) is 19.3 Å². The van der Waals surface area contributed by atoms with Gasteiger partial charge in [-0.3, -0.25) is 0 Å². The predicted octanol–water partition coefficient (Wildman–Crippen LogP) is 4.10. The summed E-state index contributed by atoms with van der Waals surface area (Å²) in [7, 11) is 1.76. The highest BCUT2D eigenvalue weighted by molar-refractivity contribution is 5.58. The fourth-order valence-corrected chi connectivity index (χ4v) is 3.78. The van der Waals surface area contributed by atoms with Crippen molar-refractivity contribution < 1.29 is 4.74 Å². The fraction of sp³-hybridized carbons (Fsp3) is 0.625. The number of benzene rings is 1. The quantitative estimate of drug-likeness (QED) is 0.804. The van der Waals surface area contributed by atoms with E-state index in [1.54, 1.807) is 7.11 Å². The van der Waals surface area contributed by atoms with Crippen LogP contribution in [0.5, 0.6) is 5.75 Å². The average Bonchev–Trinajstić information content (AvgIpc) is 2.60. The lowest BCUT2D eigenvalue weighted by atomic mass is 9.67. The first-order valence-corrected chi connectivity index (χ1v) is 7.26. The normalized spacial score (nSPS) is 21.8. The molecule has 0 bridgehead atoms. The first kappa shape index (κ1) is 11.9. The largest absolute Gasteiger partial charge is 0.497 e. The third kappa shape index (κ3) is 1.98. The smallest absolute Gasteiger partial charge is 0.119 e. The summed E-state index contributed by atoms with van der Waals surface area (Å²) in [6.45, 7) is 1.11. The Balaban J connectivity index is 2.06. The van der Waals surface area contributed by atoms with Gasteiger partial charge >= 0.3 is 0 Å². The van der Waals surface area contributed by atoms with Crippen molar-refractivity contribution in [3.8, 4) is 5.75 Å². The molecule has 1 aromatic carbocycles. The summed E-state index contributed by atoms with van der Waals surface area (Å²) in [6, 6.07) is 6.56. The second-order valence-electron chi connectivity index (χ2n) is 5.78. The fourth-order valence-electron chi connectivity index (χ4n) is 3.78. The number of hydrogen-bond acceptors (Lipinski definition) is 2. The van der Waals surface area contributed by atoms with Crippen LogP contribution in [-0.2, 0) is 5.41 Å². The van der Waals surface area contributed by atoms with E-state index in [9.17, 15) is 0 Å². The Morgan fingerprint density at radius 2 is 1.83 bits per heavy atom. The molecule has 1 aliphatic carbocycles. The van der Waals surface area contributed by atoms with Gasteiger partial charge in [-0.25, -0.2) is 0 Å². The lowest BCUT2D eigenvalue weighted by molar-refractivity contribution is 0.273. The molecule has 2 nitrogen and oxygen atoms in total. The molecule has 0 atom stereocenters. The molecule has 0 saturated heterocycles. The summed E-state index contributed by atoms with van der Waals surface area (Å²) in [4.78, 5) is 0. The highest BCUT2D eigenvalue weighted by Gasteiger charge is 2.36. The monoisotopic (exact) mass is 245 g/mol. The Labute approximate surface area is 110 Å². The van der Waals surface area contributed by atoms with Gasteiger partial charge in [-0.15, -0.1) is 0 Å². The molecule has 1 N–H and O–H groups in total. The first-order valence-electron chi connectivity index (χ1n) is 7.26. The van der Waals surface area contributed by atoms with E-state index in [0.29, 0.717) is 5.41 Å². The third-order valence-corrected chi connectivity index (χ3v) is 4.76. The van der Waals surface area contributed by atoms with Crippen molar-refractivity contribution >= 4 is 5.69 Å². The molecule has 2 heteroatoms. The molecule has 1 fully saturated rings. The van der Waals surface area contributed by atoms with Crippen LogP contribution in [0.4, 0.5) is 5.69 Å². The van der Waals surface area contributed by atoms with E-state index >= 15 is 0 Å². The van der Waals surface area contributed by atoms with Gasteiger partial charge in [0, 0.05) is 12.2 Å². The molecule has 1 aromatic rings. The second kappa shape index (κ2) is 4.83. The van der Waals surface area contributed by atoms with Crippen LogP contribution in [0.15, 0.2) is 18.2 Å². The Morgan fingerprint density at radius 1 is 1.06 bits per heavy atom. The van der Waals surface area contributed by atoms with E-state index in [2.05, 4.69) is 23.5 Å². The van der Waals surface area contributed by atoms with Gasteiger partial charge in [0.2, 0.25) is 0 Å². The number of fused-ring (bicyclic) bond motifs is 2. The van der Waals surface area contributed by atoms with Crippen molar-refractivity contribution in [2.24, 2.45) is 0 Å². The van der Waals surface area contributed by atoms with Crippen LogP contribution in [0.25, 0.3) is 0 Å². The summed E-state index contributed by atoms with van der Waals surface area (Å²) in [6.07, 6.45) is 9.52. The molecular weight excluding hydrogens is 222 g/mol. The van der Waals surface area contributed by atoms with Crippen LogP contribution >= 0.6 is 0 Å². The van der Waals surface area contributed by atoms with Gasteiger partial charge < -0.3 is 10.1 Å². The molecule has 3 rings (SSSR count). The van der Waals surface area contributed by atoms with Crippen LogP contribution in [0.1, 0.15) is 50.5 Å². The minimum absolute atomic E-state index is 0.422. The maximum atomic E-state index is 5.43. The molecule has 98 valence electrons. The zero-order valence-corrected chi connectivity index (χ0v) is 11.3. The number of ether oxygens (including phenoxy) is 1. The van der Waals surface area contributed by atoms with E-state index in [1.807, 2.05) is 0 Å². The minimum Gasteiger partial charge on any atom is -0.497 e. The van der Waals surface area contributed by atoms with E-state index in [4.69, 9.17) is 4.74 Å². The van der Waals surface area contributed by atoms with Crippen molar-refractivity contribution in [3.05, 3.63) is 23.8 Å². The molecule has 2 aliphatic rings. The Hall–Kier alpha value is -1.18. The predicted molar refractivity (Wildman–Crippen MR) is 75.5 cm³/mol. The topological polar surface area (TPSA) is 21.3 Å². The van der Waals surface area contributed by atoms with Gasteiger partial charge in [-0.05, 0) is 54.9 Å². The Kier molecular flexibility index (Phi) is 3.19. The zero-order chi connectivity index (χ0) is 12.4. The number of methoxy groups -OCH3 is 1. The van der Waals surface area contributed by atoms with E-state index in [1.165, 1.54) is 56.2 Å². The Morgan fingerprint density at radius 3 is 2.61 bits per heavy atom. The van der Waals surface area contributed by atoms with Gasteiger partial charge in [0.25, 0.3) is 0 Å². The van der Waals surface area contributed by atoms with Gasteiger partial charge in [-0.2, -0.15) is 0 Å². The number of anilines is 1. The second-order valence-corrected chi connectivity index (χ2v) is 5.78. The van der Waals surface area contributed by atoms with Gasteiger partial charge in [0.15, 0.2) is 0 Å². The zero-order valence-electron chi connectivity index (χ0n) is 11.3. The molecule has 1 heterocycles. The van der Waals surface area contributed by atoms with Gasteiger partial charge in [0.1, 0.15) is 5.75 Å². The van der Waals surface area contributed by atoms with Crippen LogP contribution in [0.3, 0.4) is 0 Å². The van der Waals surface area contributed by atoms with Crippen molar-refractivity contribution in [3.63, 3.8) is 0 Å². The molecular formula is C16H23NO. The third-order valence-electron chi connectivity index (χ3n) is 4.76. The summed E-state index contributed by atoms with van der Waals surface area (Å²) in [5.41, 5.74) is 3.28. The summed E-state index contributed by atoms with van der Waals surface area (Å²) < 4.78 is 5.43. The molecule has 1 spiro atoms. The average molecular weight is 245 g/mol. The lowest BCUT2D eigenvalue weighted by Gasteiger charge is -2.38. The Bertz CT molecular complexity index is 421. The highest BCUT2D eigenvalue weighted by atomic mass is 16.5. The standard InChI is InChI=1S/C16H23NO/c1-18-13-6-7-15-14(12-13)16(10-5-11-17-15)8-3-2-4-9-16/h6-7,12,17H,2-5,8-11H2,1H3. The maximum absolute atomic E-state index is 5.43. The summed E-state index contributed by atoms with van der Waals surface area (Å²) in [5, 5.41) is 3.59. The number of hydrogen-bond donors (Lipinski definition) is 1. The van der Waals surface area contributed by atoms with E-state index < -0.39 is 0 Å². The van der Waals surface area contributed by atoms with Crippen LogP contribution in [-0.4, -0.2) is 13.7 Å². The number of nitrogens with one attached hydrogen (secondary N) is 1. The maximum Gasteiger partial charge on any atom is 0.119 e. The molecule has 18 heavy (non-hydrogen) atoms. The van der Waals surface area contributed by atoms with Crippen molar-refractivity contribution in [2.45, 2.75) is 50.4 Å². The summed E-state index contributed by atoms with van der Waals surface area (Å²) >= 11 is 0. The highest BCUT2D eigenvalue weighted by Crippen LogP contribution is 2.47. The van der Waals surface area contributed by atoms with E-state index in [0.717, 1.165) is 12.3 Å². The number of rotatable bonds is 1.